The molecule has 4 nitrogen and oxygen atoms in total. The lowest BCUT2D eigenvalue weighted by atomic mass is 9.78. The van der Waals surface area contributed by atoms with Gasteiger partial charge in [0.15, 0.2) is 0 Å². The Morgan fingerprint density at radius 2 is 1.78 bits per heavy atom. The molecule has 3 rings (SSSR count). The van der Waals surface area contributed by atoms with E-state index in [4.69, 9.17) is 0 Å². The number of benzene rings is 1. The van der Waals surface area contributed by atoms with Crippen molar-refractivity contribution in [1.29, 1.82) is 0 Å². The van der Waals surface area contributed by atoms with Crippen molar-refractivity contribution in [1.82, 2.24) is 9.97 Å². The van der Waals surface area contributed by atoms with Crippen molar-refractivity contribution in [2.45, 2.75) is 57.5 Å². The Labute approximate surface area is 154 Å². The van der Waals surface area contributed by atoms with Gasteiger partial charge in [-0.2, -0.15) is 13.2 Å². The van der Waals surface area contributed by atoms with Crippen LogP contribution in [-0.2, 0) is 12.6 Å². The standard InChI is InChI=1S/C20H23F3N2O2/c1-2-12-6-8-14(9-7-12)17-16(18(26)25-19(27)24-17)11-13-4-3-5-15(10-13)20(21,22)23/h3-5,10,12,14H,2,6-9,11H2,1H3,(H2,24,25,26,27). The van der Waals surface area contributed by atoms with Crippen molar-refractivity contribution in [2.75, 3.05) is 0 Å². The Morgan fingerprint density at radius 3 is 2.41 bits per heavy atom. The van der Waals surface area contributed by atoms with Gasteiger partial charge in [0.1, 0.15) is 0 Å². The van der Waals surface area contributed by atoms with Crippen molar-refractivity contribution in [3.05, 3.63) is 67.5 Å². The monoisotopic (exact) mass is 380 g/mol. The molecule has 2 aromatic rings. The van der Waals surface area contributed by atoms with Crippen LogP contribution in [0.5, 0.6) is 0 Å². The number of rotatable bonds is 4. The Hall–Kier alpha value is -2.31. The van der Waals surface area contributed by atoms with Crippen molar-refractivity contribution in [2.24, 2.45) is 5.92 Å². The van der Waals surface area contributed by atoms with E-state index in [0.29, 0.717) is 22.7 Å². The van der Waals surface area contributed by atoms with Gasteiger partial charge in [0, 0.05) is 17.7 Å². The summed E-state index contributed by atoms with van der Waals surface area (Å²) < 4.78 is 38.9. The summed E-state index contributed by atoms with van der Waals surface area (Å²) in [5.41, 5.74) is -0.509. The third-order valence-corrected chi connectivity index (χ3v) is 5.54. The summed E-state index contributed by atoms with van der Waals surface area (Å²) in [4.78, 5) is 29.2. The fraction of sp³-hybridized carbons (Fsp3) is 0.500. The van der Waals surface area contributed by atoms with E-state index in [9.17, 15) is 22.8 Å². The summed E-state index contributed by atoms with van der Waals surface area (Å²) in [6.45, 7) is 2.15. The first-order valence-electron chi connectivity index (χ1n) is 9.29. The molecule has 0 unspecified atom stereocenters. The molecule has 2 N–H and O–H groups in total. The first kappa shape index (κ1) is 19.5. The van der Waals surface area contributed by atoms with Gasteiger partial charge in [-0.3, -0.25) is 9.78 Å². The van der Waals surface area contributed by atoms with E-state index in [1.54, 1.807) is 6.07 Å². The summed E-state index contributed by atoms with van der Waals surface area (Å²) in [5.74, 6) is 0.713. The lowest BCUT2D eigenvalue weighted by Gasteiger charge is -2.28. The smallest absolute Gasteiger partial charge is 0.311 e. The van der Waals surface area contributed by atoms with E-state index in [0.717, 1.165) is 44.2 Å². The molecule has 27 heavy (non-hydrogen) atoms. The first-order valence-corrected chi connectivity index (χ1v) is 9.29. The van der Waals surface area contributed by atoms with Gasteiger partial charge in [-0.25, -0.2) is 4.79 Å². The predicted octanol–water partition coefficient (Wildman–Crippen LogP) is 4.36. The van der Waals surface area contributed by atoms with Crippen LogP contribution < -0.4 is 11.2 Å². The third kappa shape index (κ3) is 4.51. The second-order valence-corrected chi connectivity index (χ2v) is 7.30. The van der Waals surface area contributed by atoms with Gasteiger partial charge < -0.3 is 4.98 Å². The van der Waals surface area contributed by atoms with Crippen LogP contribution in [0.2, 0.25) is 0 Å². The summed E-state index contributed by atoms with van der Waals surface area (Å²) in [7, 11) is 0. The molecule has 0 atom stereocenters. The molecular weight excluding hydrogens is 357 g/mol. The van der Waals surface area contributed by atoms with Gasteiger partial charge in [-0.05, 0) is 49.1 Å². The minimum absolute atomic E-state index is 0.0546. The van der Waals surface area contributed by atoms with Crippen molar-refractivity contribution in [3.8, 4) is 0 Å². The van der Waals surface area contributed by atoms with Gasteiger partial charge in [0.05, 0.1) is 5.56 Å². The molecule has 0 saturated heterocycles. The molecule has 0 amide bonds. The summed E-state index contributed by atoms with van der Waals surface area (Å²) >= 11 is 0. The van der Waals surface area contributed by atoms with Crippen LogP contribution in [0.25, 0.3) is 0 Å². The minimum Gasteiger partial charge on any atom is -0.311 e. The average molecular weight is 380 g/mol. The van der Waals surface area contributed by atoms with Gasteiger partial charge in [0.25, 0.3) is 5.56 Å². The Bertz CT molecular complexity index is 906. The SMILES string of the molecule is CCC1CCC(c2[nH]c(=O)[nH]c(=O)c2Cc2cccc(C(F)(F)F)c2)CC1. The highest BCUT2D eigenvalue weighted by Crippen LogP contribution is 2.37. The molecule has 1 aromatic carbocycles. The molecule has 1 aromatic heterocycles. The van der Waals surface area contributed by atoms with E-state index < -0.39 is 23.0 Å². The highest BCUT2D eigenvalue weighted by molar-refractivity contribution is 5.32. The van der Waals surface area contributed by atoms with Gasteiger partial charge >= 0.3 is 11.9 Å². The number of nitrogens with one attached hydrogen (secondary N) is 2. The summed E-state index contributed by atoms with van der Waals surface area (Å²) in [6, 6.07) is 4.97. The summed E-state index contributed by atoms with van der Waals surface area (Å²) in [5, 5.41) is 0. The van der Waals surface area contributed by atoms with E-state index in [1.807, 2.05) is 0 Å². The van der Waals surface area contributed by atoms with Crippen LogP contribution >= 0.6 is 0 Å². The number of alkyl halides is 3. The third-order valence-electron chi connectivity index (χ3n) is 5.54. The number of H-pyrrole nitrogens is 2. The van der Waals surface area contributed by atoms with Crippen molar-refractivity contribution >= 4 is 0 Å². The van der Waals surface area contributed by atoms with E-state index >= 15 is 0 Å². The van der Waals surface area contributed by atoms with Crippen LogP contribution in [0.15, 0.2) is 33.9 Å². The lowest BCUT2D eigenvalue weighted by Crippen LogP contribution is -2.30. The van der Waals surface area contributed by atoms with Gasteiger partial charge in [-0.1, -0.05) is 31.5 Å². The Kier molecular flexibility index (Phi) is 5.58. The number of hydrogen-bond acceptors (Lipinski definition) is 2. The van der Waals surface area contributed by atoms with Crippen LogP contribution in [-0.4, -0.2) is 9.97 Å². The van der Waals surface area contributed by atoms with Crippen molar-refractivity contribution in [3.63, 3.8) is 0 Å². The molecule has 1 saturated carbocycles. The molecular formula is C20H23F3N2O2. The van der Waals surface area contributed by atoms with Crippen LogP contribution in [0.3, 0.4) is 0 Å². The fourth-order valence-corrected chi connectivity index (χ4v) is 3.97. The zero-order chi connectivity index (χ0) is 19.6. The second kappa shape index (κ2) is 7.74. The van der Waals surface area contributed by atoms with Gasteiger partial charge in [0.2, 0.25) is 0 Å². The van der Waals surface area contributed by atoms with E-state index in [1.165, 1.54) is 6.07 Å². The molecule has 146 valence electrons. The number of halogens is 3. The lowest BCUT2D eigenvalue weighted by molar-refractivity contribution is -0.137. The normalized spacial score (nSPS) is 20.6. The summed E-state index contributed by atoms with van der Waals surface area (Å²) in [6.07, 6.45) is 0.516. The van der Waals surface area contributed by atoms with Crippen LogP contribution in [0.1, 0.15) is 67.3 Å². The highest BCUT2D eigenvalue weighted by Gasteiger charge is 2.31. The molecule has 0 aliphatic heterocycles. The average Bonchev–Trinajstić information content (AvgIpc) is 2.63. The zero-order valence-electron chi connectivity index (χ0n) is 15.2. The highest BCUT2D eigenvalue weighted by atomic mass is 19.4. The number of hydrogen-bond donors (Lipinski definition) is 2. The first-order chi connectivity index (χ1) is 12.8. The molecule has 1 heterocycles. The molecule has 7 heteroatoms. The maximum absolute atomic E-state index is 13.0. The predicted molar refractivity (Wildman–Crippen MR) is 96.9 cm³/mol. The van der Waals surface area contributed by atoms with Crippen LogP contribution in [0.4, 0.5) is 13.2 Å². The molecule has 1 fully saturated rings. The fourth-order valence-electron chi connectivity index (χ4n) is 3.97. The Balaban J connectivity index is 1.94. The largest absolute Gasteiger partial charge is 0.416 e. The molecule has 0 bridgehead atoms. The maximum atomic E-state index is 13.0. The molecule has 0 spiro atoms. The second-order valence-electron chi connectivity index (χ2n) is 7.30. The quantitative estimate of drug-likeness (QED) is 0.828. The van der Waals surface area contributed by atoms with Crippen LogP contribution in [0, 0.1) is 5.92 Å². The van der Waals surface area contributed by atoms with Crippen molar-refractivity contribution < 1.29 is 13.2 Å². The maximum Gasteiger partial charge on any atom is 0.416 e. The Morgan fingerprint density at radius 1 is 1.07 bits per heavy atom. The van der Waals surface area contributed by atoms with Gasteiger partial charge in [-0.15, -0.1) is 0 Å². The molecule has 0 radical (unpaired) electrons. The molecule has 1 aliphatic carbocycles. The number of aromatic nitrogens is 2. The van der Waals surface area contributed by atoms with E-state index in [-0.39, 0.29) is 12.3 Å². The topological polar surface area (TPSA) is 65.7 Å². The minimum atomic E-state index is -4.44. The zero-order valence-corrected chi connectivity index (χ0v) is 15.2. The molecule has 1 aliphatic rings. The number of aromatic amines is 2. The van der Waals surface area contributed by atoms with E-state index in [2.05, 4.69) is 16.9 Å².